The minimum absolute atomic E-state index is 0.119. The van der Waals surface area contributed by atoms with Gasteiger partial charge in [-0.05, 0) is 42.0 Å². The summed E-state index contributed by atoms with van der Waals surface area (Å²) in [6.45, 7) is 2.02. The molecular weight excluding hydrogens is 418 g/mol. The quantitative estimate of drug-likeness (QED) is 0.616. The van der Waals surface area contributed by atoms with Crippen molar-refractivity contribution in [1.82, 2.24) is 15.2 Å². The summed E-state index contributed by atoms with van der Waals surface area (Å²) in [6, 6.07) is 13.9. The van der Waals surface area contributed by atoms with Crippen molar-refractivity contribution in [1.29, 1.82) is 0 Å². The number of aromatic amines is 1. The van der Waals surface area contributed by atoms with Gasteiger partial charge in [0.05, 0.1) is 20.3 Å². The maximum atomic E-state index is 13.2. The average Bonchev–Trinajstić information content (AvgIpc) is 3.22. The number of rotatable bonds is 6. The Kier molecular flexibility index (Phi) is 6.44. The number of methoxy groups -OCH3 is 1. The number of nitrogens with one attached hydrogen (secondary N) is 2. The van der Waals surface area contributed by atoms with Gasteiger partial charge < -0.3 is 24.7 Å². The van der Waals surface area contributed by atoms with E-state index in [1.165, 1.54) is 0 Å². The second-order valence-electron chi connectivity index (χ2n) is 7.43. The lowest BCUT2D eigenvalue weighted by molar-refractivity contribution is -0.137. The zero-order valence-corrected chi connectivity index (χ0v) is 17.9. The second kappa shape index (κ2) is 9.41. The zero-order valence-electron chi connectivity index (χ0n) is 17.2. The van der Waals surface area contributed by atoms with E-state index in [1.54, 1.807) is 30.2 Å². The van der Waals surface area contributed by atoms with E-state index in [2.05, 4.69) is 10.3 Å². The van der Waals surface area contributed by atoms with Crippen molar-refractivity contribution in [3.63, 3.8) is 0 Å². The highest BCUT2D eigenvalue weighted by molar-refractivity contribution is 6.31. The molecule has 0 unspecified atom stereocenters. The molecule has 4 rings (SSSR count). The number of morpholine rings is 1. The summed E-state index contributed by atoms with van der Waals surface area (Å²) in [6.07, 6.45) is 0.373. The number of nitrogens with zero attached hydrogens (tertiary/aromatic N) is 1. The number of H-pyrrole nitrogens is 1. The van der Waals surface area contributed by atoms with Crippen LogP contribution in [-0.4, -0.2) is 61.2 Å². The predicted molar refractivity (Wildman–Crippen MR) is 119 cm³/mol. The number of fused-ring (bicyclic) bond motifs is 1. The van der Waals surface area contributed by atoms with Gasteiger partial charge in [0.1, 0.15) is 17.5 Å². The fraction of sp³-hybridized carbons (Fsp3) is 0.304. The number of amides is 2. The summed E-state index contributed by atoms with van der Waals surface area (Å²) in [5, 5.41) is 4.35. The Balaban J connectivity index is 1.55. The van der Waals surface area contributed by atoms with Gasteiger partial charge >= 0.3 is 0 Å². The van der Waals surface area contributed by atoms with Crippen LogP contribution in [0.25, 0.3) is 10.9 Å². The van der Waals surface area contributed by atoms with Gasteiger partial charge in [0.2, 0.25) is 5.91 Å². The molecule has 8 heteroatoms. The van der Waals surface area contributed by atoms with Crippen molar-refractivity contribution in [3.8, 4) is 5.75 Å². The number of carbonyl (C=O) groups is 2. The van der Waals surface area contributed by atoms with Gasteiger partial charge in [0.15, 0.2) is 0 Å². The molecule has 0 aliphatic carbocycles. The molecule has 0 spiro atoms. The van der Waals surface area contributed by atoms with Crippen molar-refractivity contribution in [2.24, 2.45) is 0 Å². The zero-order chi connectivity index (χ0) is 21.8. The van der Waals surface area contributed by atoms with Crippen LogP contribution in [0.4, 0.5) is 0 Å². The van der Waals surface area contributed by atoms with Gasteiger partial charge in [-0.3, -0.25) is 9.59 Å². The highest BCUT2D eigenvalue weighted by atomic mass is 35.5. The normalized spacial score (nSPS) is 15.0. The molecule has 1 fully saturated rings. The van der Waals surface area contributed by atoms with Crippen LogP contribution in [0.1, 0.15) is 16.1 Å². The molecule has 2 N–H and O–H groups in total. The summed E-state index contributed by atoms with van der Waals surface area (Å²) in [4.78, 5) is 31.0. The molecule has 1 aliphatic rings. The highest BCUT2D eigenvalue weighted by Gasteiger charge is 2.28. The van der Waals surface area contributed by atoms with Crippen molar-refractivity contribution < 1.29 is 19.1 Å². The van der Waals surface area contributed by atoms with E-state index in [1.807, 2.05) is 30.3 Å². The fourth-order valence-corrected chi connectivity index (χ4v) is 3.84. The highest BCUT2D eigenvalue weighted by Crippen LogP contribution is 2.20. The number of halogens is 1. The molecule has 162 valence electrons. The first-order valence-electron chi connectivity index (χ1n) is 10.1. The maximum Gasteiger partial charge on any atom is 0.268 e. The van der Waals surface area contributed by atoms with E-state index < -0.39 is 6.04 Å². The van der Waals surface area contributed by atoms with Gasteiger partial charge in [-0.25, -0.2) is 0 Å². The molecule has 0 bridgehead atoms. The van der Waals surface area contributed by atoms with E-state index in [4.69, 9.17) is 21.1 Å². The Bertz CT molecular complexity index is 1070. The molecule has 1 atom stereocenters. The van der Waals surface area contributed by atoms with Gasteiger partial charge in [0, 0.05) is 35.4 Å². The number of carbonyl (C=O) groups excluding carboxylic acids is 2. The Labute approximate surface area is 185 Å². The topological polar surface area (TPSA) is 83.7 Å². The van der Waals surface area contributed by atoms with E-state index in [-0.39, 0.29) is 11.8 Å². The first kappa shape index (κ1) is 21.2. The lowest BCUT2D eigenvalue weighted by Crippen LogP contribution is -2.52. The van der Waals surface area contributed by atoms with Crippen LogP contribution in [-0.2, 0) is 16.0 Å². The molecular formula is C23H24ClN3O4. The molecule has 0 saturated carbocycles. The van der Waals surface area contributed by atoms with Crippen LogP contribution < -0.4 is 10.1 Å². The molecule has 1 saturated heterocycles. The van der Waals surface area contributed by atoms with E-state index in [0.29, 0.717) is 43.4 Å². The molecule has 31 heavy (non-hydrogen) atoms. The summed E-state index contributed by atoms with van der Waals surface area (Å²) in [5.41, 5.74) is 2.11. The van der Waals surface area contributed by atoms with E-state index in [9.17, 15) is 9.59 Å². The monoisotopic (exact) mass is 441 g/mol. The lowest BCUT2D eigenvalue weighted by atomic mass is 10.0. The van der Waals surface area contributed by atoms with Crippen LogP contribution >= 0.6 is 11.6 Å². The number of hydrogen-bond donors (Lipinski definition) is 2. The van der Waals surface area contributed by atoms with E-state index in [0.717, 1.165) is 22.2 Å². The van der Waals surface area contributed by atoms with Crippen molar-refractivity contribution in [3.05, 3.63) is 64.8 Å². The predicted octanol–water partition coefficient (Wildman–Crippen LogP) is 3.03. The smallest absolute Gasteiger partial charge is 0.268 e. The largest absolute Gasteiger partial charge is 0.497 e. The van der Waals surface area contributed by atoms with Crippen molar-refractivity contribution in [2.45, 2.75) is 12.5 Å². The van der Waals surface area contributed by atoms with Gasteiger partial charge in [-0.15, -0.1) is 0 Å². The molecule has 2 amide bonds. The standard InChI is InChI=1S/C23H24ClN3O4/c1-30-18-5-2-15(3-6-18)12-21(23(29)27-8-10-31-11-9-27)26-22(28)20-14-16-13-17(24)4-7-19(16)25-20/h2-7,13-14,21,25H,8-12H2,1H3,(H,26,28)/t21-/m0/s1. The molecule has 1 aliphatic heterocycles. The van der Waals surface area contributed by atoms with Crippen LogP contribution in [0.15, 0.2) is 48.5 Å². The first-order chi connectivity index (χ1) is 15.0. The third kappa shape index (κ3) is 5.00. The number of aromatic nitrogens is 1. The molecule has 7 nitrogen and oxygen atoms in total. The minimum Gasteiger partial charge on any atom is -0.497 e. The van der Waals surface area contributed by atoms with Crippen molar-refractivity contribution in [2.75, 3.05) is 33.4 Å². The Morgan fingerprint density at radius 3 is 2.61 bits per heavy atom. The average molecular weight is 442 g/mol. The number of benzene rings is 2. The number of hydrogen-bond acceptors (Lipinski definition) is 4. The molecule has 0 radical (unpaired) electrons. The van der Waals surface area contributed by atoms with Gasteiger partial charge in [-0.2, -0.15) is 0 Å². The van der Waals surface area contributed by atoms with Crippen LogP contribution in [0.5, 0.6) is 5.75 Å². The second-order valence-corrected chi connectivity index (χ2v) is 7.87. The molecule has 2 heterocycles. The Morgan fingerprint density at radius 1 is 1.16 bits per heavy atom. The minimum atomic E-state index is -0.700. The van der Waals surface area contributed by atoms with E-state index >= 15 is 0 Å². The van der Waals surface area contributed by atoms with Crippen LogP contribution in [0, 0.1) is 0 Å². The Hall–Kier alpha value is -3.03. The Morgan fingerprint density at radius 2 is 1.90 bits per heavy atom. The maximum absolute atomic E-state index is 13.2. The van der Waals surface area contributed by atoms with Crippen LogP contribution in [0.3, 0.4) is 0 Å². The van der Waals surface area contributed by atoms with Crippen molar-refractivity contribution >= 4 is 34.3 Å². The third-order valence-corrected chi connectivity index (χ3v) is 5.59. The summed E-state index contributed by atoms with van der Waals surface area (Å²) in [5.74, 6) is 0.277. The lowest BCUT2D eigenvalue weighted by Gasteiger charge is -2.30. The first-order valence-corrected chi connectivity index (χ1v) is 10.5. The SMILES string of the molecule is COc1ccc(C[C@H](NC(=O)c2cc3cc(Cl)ccc3[nH]2)C(=O)N2CCOCC2)cc1. The summed E-state index contributed by atoms with van der Waals surface area (Å²) in [7, 11) is 1.60. The summed E-state index contributed by atoms with van der Waals surface area (Å²) < 4.78 is 10.6. The molecule has 1 aromatic heterocycles. The number of ether oxygens (including phenoxy) is 2. The molecule has 2 aromatic carbocycles. The third-order valence-electron chi connectivity index (χ3n) is 5.35. The van der Waals surface area contributed by atoms with Crippen LogP contribution in [0.2, 0.25) is 5.02 Å². The summed E-state index contributed by atoms with van der Waals surface area (Å²) >= 11 is 6.05. The molecule has 3 aromatic rings. The van der Waals surface area contributed by atoms with Gasteiger partial charge in [-0.1, -0.05) is 23.7 Å². The van der Waals surface area contributed by atoms with Gasteiger partial charge in [0.25, 0.3) is 5.91 Å². The fourth-order valence-electron chi connectivity index (χ4n) is 3.66.